The van der Waals surface area contributed by atoms with Gasteiger partial charge in [-0.05, 0) is 44.2 Å². The van der Waals surface area contributed by atoms with E-state index in [9.17, 15) is 14.4 Å². The Labute approximate surface area is 172 Å². The summed E-state index contributed by atoms with van der Waals surface area (Å²) in [4.78, 5) is 38.2. The highest BCUT2D eigenvalue weighted by atomic mass is 32.1. The molecule has 9 heteroatoms. The van der Waals surface area contributed by atoms with Crippen molar-refractivity contribution in [1.29, 1.82) is 0 Å². The molecule has 0 saturated carbocycles. The average Bonchev–Trinajstić information content (AvgIpc) is 3.29. The van der Waals surface area contributed by atoms with Crippen LogP contribution in [0.5, 0.6) is 0 Å². The summed E-state index contributed by atoms with van der Waals surface area (Å²) >= 11 is 1.41. The number of esters is 1. The van der Waals surface area contributed by atoms with Crippen LogP contribution in [0.3, 0.4) is 0 Å². The van der Waals surface area contributed by atoms with Crippen molar-refractivity contribution in [3.05, 3.63) is 39.7 Å². The molecule has 0 atom stereocenters. The highest BCUT2D eigenvalue weighted by molar-refractivity contribution is 7.17. The molecule has 1 aliphatic rings. The maximum atomic E-state index is 12.7. The predicted octanol–water partition coefficient (Wildman–Crippen LogP) is 2.70. The molecule has 0 radical (unpaired) electrons. The summed E-state index contributed by atoms with van der Waals surface area (Å²) in [5.74, 6) is -0.933. The van der Waals surface area contributed by atoms with E-state index in [2.05, 4.69) is 10.6 Å². The third-order valence-corrected chi connectivity index (χ3v) is 5.86. The van der Waals surface area contributed by atoms with E-state index in [0.29, 0.717) is 29.5 Å². The Morgan fingerprint density at radius 1 is 1.24 bits per heavy atom. The molecule has 0 fully saturated rings. The van der Waals surface area contributed by atoms with E-state index in [1.807, 2.05) is 0 Å². The summed E-state index contributed by atoms with van der Waals surface area (Å²) in [6.45, 7) is 1.98. The Morgan fingerprint density at radius 2 is 2.03 bits per heavy atom. The van der Waals surface area contributed by atoms with Crippen molar-refractivity contribution in [2.24, 2.45) is 0 Å². The number of thiophene rings is 1. The van der Waals surface area contributed by atoms with E-state index in [4.69, 9.17) is 13.9 Å². The SMILES string of the molecule is COCCNC(=O)c1c(NC(=O)COC(=O)c2ccoc2C)sc2c1CCCC2. The van der Waals surface area contributed by atoms with E-state index in [-0.39, 0.29) is 11.5 Å². The van der Waals surface area contributed by atoms with E-state index in [0.717, 1.165) is 36.1 Å². The summed E-state index contributed by atoms with van der Waals surface area (Å²) in [5, 5.41) is 6.05. The van der Waals surface area contributed by atoms with Crippen molar-refractivity contribution in [3.8, 4) is 0 Å². The first-order valence-corrected chi connectivity index (χ1v) is 10.3. The van der Waals surface area contributed by atoms with Gasteiger partial charge in [-0.2, -0.15) is 0 Å². The maximum Gasteiger partial charge on any atom is 0.342 e. The lowest BCUT2D eigenvalue weighted by atomic mass is 9.95. The second kappa shape index (κ2) is 9.71. The van der Waals surface area contributed by atoms with Gasteiger partial charge >= 0.3 is 5.97 Å². The number of carbonyl (C=O) groups is 3. The van der Waals surface area contributed by atoms with Gasteiger partial charge in [-0.25, -0.2) is 4.79 Å². The quantitative estimate of drug-likeness (QED) is 0.502. The summed E-state index contributed by atoms with van der Waals surface area (Å²) in [6, 6.07) is 1.49. The van der Waals surface area contributed by atoms with Gasteiger partial charge in [0.15, 0.2) is 6.61 Å². The smallest absolute Gasteiger partial charge is 0.342 e. The lowest BCUT2D eigenvalue weighted by Gasteiger charge is -2.13. The van der Waals surface area contributed by atoms with Crippen LogP contribution in [0.15, 0.2) is 16.7 Å². The monoisotopic (exact) mass is 420 g/mol. The summed E-state index contributed by atoms with van der Waals surface area (Å²) in [7, 11) is 1.57. The zero-order valence-corrected chi connectivity index (χ0v) is 17.3. The molecule has 156 valence electrons. The fraction of sp³-hybridized carbons (Fsp3) is 0.450. The van der Waals surface area contributed by atoms with Gasteiger partial charge in [0.2, 0.25) is 0 Å². The second-order valence-electron chi connectivity index (χ2n) is 6.68. The number of anilines is 1. The first-order chi connectivity index (χ1) is 14.0. The molecule has 2 amide bonds. The second-order valence-corrected chi connectivity index (χ2v) is 7.78. The molecule has 29 heavy (non-hydrogen) atoms. The van der Waals surface area contributed by atoms with Crippen LogP contribution in [0, 0.1) is 6.92 Å². The molecule has 3 rings (SSSR count). The molecule has 2 heterocycles. The highest BCUT2D eigenvalue weighted by Crippen LogP contribution is 2.38. The van der Waals surface area contributed by atoms with E-state index < -0.39 is 18.5 Å². The predicted molar refractivity (Wildman–Crippen MR) is 108 cm³/mol. The zero-order chi connectivity index (χ0) is 20.8. The van der Waals surface area contributed by atoms with Gasteiger partial charge in [0.25, 0.3) is 11.8 Å². The summed E-state index contributed by atoms with van der Waals surface area (Å²) in [5.41, 5.74) is 1.78. The fourth-order valence-corrected chi connectivity index (χ4v) is 4.52. The molecular formula is C20H24N2O6S. The van der Waals surface area contributed by atoms with Crippen LogP contribution in [0.4, 0.5) is 5.00 Å². The number of nitrogens with one attached hydrogen (secondary N) is 2. The first kappa shape index (κ1) is 21.1. The number of furan rings is 1. The lowest BCUT2D eigenvalue weighted by Crippen LogP contribution is -2.29. The van der Waals surface area contributed by atoms with E-state index >= 15 is 0 Å². The molecule has 1 aliphatic carbocycles. The number of hydrogen-bond donors (Lipinski definition) is 2. The Morgan fingerprint density at radius 3 is 2.76 bits per heavy atom. The molecule has 2 aromatic heterocycles. The number of rotatable bonds is 8. The number of ether oxygens (including phenoxy) is 2. The van der Waals surface area contributed by atoms with Gasteiger partial charge in [-0.3, -0.25) is 9.59 Å². The molecule has 0 unspecified atom stereocenters. The third kappa shape index (κ3) is 5.04. The summed E-state index contributed by atoms with van der Waals surface area (Å²) in [6.07, 6.45) is 5.16. The van der Waals surface area contributed by atoms with Crippen LogP contribution in [-0.4, -0.2) is 44.7 Å². The average molecular weight is 420 g/mol. The van der Waals surface area contributed by atoms with E-state index in [1.54, 1.807) is 14.0 Å². The Kier molecular flexibility index (Phi) is 7.05. The molecule has 2 aromatic rings. The number of methoxy groups -OCH3 is 1. The van der Waals surface area contributed by atoms with Crippen molar-refractivity contribution in [1.82, 2.24) is 5.32 Å². The minimum atomic E-state index is -0.630. The van der Waals surface area contributed by atoms with Crippen molar-refractivity contribution in [2.45, 2.75) is 32.6 Å². The van der Waals surface area contributed by atoms with Crippen molar-refractivity contribution in [3.63, 3.8) is 0 Å². The fourth-order valence-electron chi connectivity index (χ4n) is 3.22. The van der Waals surface area contributed by atoms with Gasteiger partial charge in [0.1, 0.15) is 16.3 Å². The van der Waals surface area contributed by atoms with Crippen LogP contribution in [-0.2, 0) is 27.1 Å². The van der Waals surface area contributed by atoms with Crippen LogP contribution in [0.25, 0.3) is 0 Å². The van der Waals surface area contributed by atoms with Crippen LogP contribution < -0.4 is 10.6 Å². The van der Waals surface area contributed by atoms with Crippen LogP contribution >= 0.6 is 11.3 Å². The molecular weight excluding hydrogens is 396 g/mol. The van der Waals surface area contributed by atoms with Crippen molar-refractivity contribution >= 4 is 34.1 Å². The van der Waals surface area contributed by atoms with Gasteiger partial charge in [-0.15, -0.1) is 11.3 Å². The molecule has 2 N–H and O–H groups in total. The number of aryl methyl sites for hydroxylation is 2. The lowest BCUT2D eigenvalue weighted by molar-refractivity contribution is -0.119. The van der Waals surface area contributed by atoms with Crippen LogP contribution in [0.1, 0.15) is 49.8 Å². The number of hydrogen-bond acceptors (Lipinski definition) is 7. The van der Waals surface area contributed by atoms with Gasteiger partial charge < -0.3 is 24.5 Å². The van der Waals surface area contributed by atoms with Crippen molar-refractivity contribution in [2.75, 3.05) is 32.2 Å². The molecule has 0 spiro atoms. The maximum absolute atomic E-state index is 12.7. The molecule has 0 aromatic carbocycles. The standard InChI is InChI=1S/C20H24N2O6S/c1-12-13(7-9-27-12)20(25)28-11-16(23)22-19-17(18(24)21-8-10-26-2)14-5-3-4-6-15(14)29-19/h7,9H,3-6,8,10-11H2,1-2H3,(H,21,24)(H,22,23). The Bertz CT molecular complexity index is 901. The number of fused-ring (bicyclic) bond motifs is 1. The Hall–Kier alpha value is -2.65. The molecule has 0 bridgehead atoms. The van der Waals surface area contributed by atoms with E-state index in [1.165, 1.54) is 23.7 Å². The van der Waals surface area contributed by atoms with Gasteiger partial charge in [0.05, 0.1) is 18.4 Å². The van der Waals surface area contributed by atoms with Crippen LogP contribution in [0.2, 0.25) is 0 Å². The summed E-state index contributed by atoms with van der Waals surface area (Å²) < 4.78 is 15.1. The molecule has 0 aliphatic heterocycles. The normalized spacial score (nSPS) is 12.9. The highest BCUT2D eigenvalue weighted by Gasteiger charge is 2.26. The molecule has 0 saturated heterocycles. The topological polar surface area (TPSA) is 107 Å². The minimum absolute atomic E-state index is 0.234. The third-order valence-electron chi connectivity index (χ3n) is 4.66. The van der Waals surface area contributed by atoms with Crippen molar-refractivity contribution < 1.29 is 28.3 Å². The molecule has 8 nitrogen and oxygen atoms in total. The van der Waals surface area contributed by atoms with Gasteiger partial charge in [-0.1, -0.05) is 0 Å². The number of carbonyl (C=O) groups excluding carboxylic acids is 3. The largest absolute Gasteiger partial charge is 0.469 e. The van der Waals surface area contributed by atoms with Gasteiger partial charge in [0, 0.05) is 18.5 Å². The number of amides is 2. The minimum Gasteiger partial charge on any atom is -0.469 e. The Balaban J connectivity index is 1.68. The zero-order valence-electron chi connectivity index (χ0n) is 16.5. The first-order valence-electron chi connectivity index (χ1n) is 9.44.